The first-order valence-corrected chi connectivity index (χ1v) is 9.16. The highest BCUT2D eigenvalue weighted by atomic mass is 35.5. The van der Waals surface area contributed by atoms with Crippen molar-refractivity contribution in [3.05, 3.63) is 35.6 Å². The number of nitrogens with one attached hydrogen (secondary N) is 1. The lowest BCUT2D eigenvalue weighted by Gasteiger charge is -2.39. The fraction of sp³-hybridized carbons (Fsp3) is 0.579. The molecule has 0 spiro atoms. The zero-order valence-corrected chi connectivity index (χ0v) is 16.3. The number of likely N-dealkylation sites (N-methyl/N-ethyl adjacent to an activating group) is 1. The van der Waals surface area contributed by atoms with E-state index in [1.807, 2.05) is 11.9 Å². The van der Waals surface area contributed by atoms with Crippen molar-refractivity contribution in [2.45, 2.75) is 43.8 Å². The number of hydrogen-bond acceptors (Lipinski definition) is 4. The topological polar surface area (TPSA) is 72.9 Å². The molecule has 0 bridgehead atoms. The number of carboxylic acid groups (broad SMARTS) is 1. The van der Waals surface area contributed by atoms with E-state index in [-0.39, 0.29) is 42.8 Å². The van der Waals surface area contributed by atoms with Gasteiger partial charge < -0.3 is 10.4 Å². The van der Waals surface area contributed by atoms with Crippen LogP contribution in [-0.4, -0.2) is 65.5 Å². The van der Waals surface area contributed by atoms with Gasteiger partial charge in [0.1, 0.15) is 11.9 Å². The lowest BCUT2D eigenvalue weighted by atomic mass is 9.97. The Bertz CT molecular complexity index is 646. The molecule has 1 heterocycles. The van der Waals surface area contributed by atoms with E-state index in [0.29, 0.717) is 13.1 Å². The summed E-state index contributed by atoms with van der Waals surface area (Å²) in [7, 11) is 1.83. The third-order valence-electron chi connectivity index (χ3n) is 5.23. The number of carboxylic acids is 1. The van der Waals surface area contributed by atoms with Gasteiger partial charge in [-0.2, -0.15) is 0 Å². The van der Waals surface area contributed by atoms with Crippen molar-refractivity contribution in [2.75, 3.05) is 26.7 Å². The maximum atomic E-state index is 13.3. The average molecular weight is 400 g/mol. The van der Waals surface area contributed by atoms with Crippen molar-refractivity contribution in [1.29, 1.82) is 0 Å². The molecule has 1 unspecified atom stereocenters. The Morgan fingerprint density at radius 3 is 2.33 bits per heavy atom. The van der Waals surface area contributed by atoms with Gasteiger partial charge in [0.2, 0.25) is 5.91 Å². The maximum Gasteiger partial charge on any atom is 0.317 e. The first kappa shape index (κ1) is 21.6. The Morgan fingerprint density at radius 1 is 1.22 bits per heavy atom. The number of halogens is 2. The zero-order valence-electron chi connectivity index (χ0n) is 15.4. The molecule has 1 atom stereocenters. The summed E-state index contributed by atoms with van der Waals surface area (Å²) in [6, 6.07) is 6.17. The van der Waals surface area contributed by atoms with Crippen LogP contribution in [0.2, 0.25) is 0 Å². The van der Waals surface area contributed by atoms with E-state index in [9.17, 15) is 14.0 Å². The molecule has 150 valence electrons. The molecular formula is C19H27ClFN3O3. The van der Waals surface area contributed by atoms with Crippen LogP contribution in [0.3, 0.4) is 0 Å². The molecule has 1 aliphatic heterocycles. The number of carbonyl (C=O) groups is 2. The monoisotopic (exact) mass is 399 g/mol. The molecule has 1 aliphatic carbocycles. The van der Waals surface area contributed by atoms with Gasteiger partial charge in [-0.25, -0.2) is 4.39 Å². The number of aliphatic carboxylic acids is 1. The van der Waals surface area contributed by atoms with Crippen LogP contribution in [0.15, 0.2) is 24.3 Å². The number of likely N-dealkylation sites (tertiary alicyclic amines) is 1. The highest BCUT2D eigenvalue weighted by Crippen LogP contribution is 2.28. The van der Waals surface area contributed by atoms with Crippen LogP contribution in [0.5, 0.6) is 0 Å². The maximum absolute atomic E-state index is 13.3. The van der Waals surface area contributed by atoms with Gasteiger partial charge in [-0.15, -0.1) is 12.4 Å². The van der Waals surface area contributed by atoms with Gasteiger partial charge in [0.25, 0.3) is 0 Å². The fourth-order valence-corrected chi connectivity index (χ4v) is 3.61. The Kier molecular flexibility index (Phi) is 7.59. The minimum Gasteiger partial charge on any atom is -0.480 e. The Morgan fingerprint density at radius 2 is 1.81 bits per heavy atom. The number of carbonyl (C=O) groups excluding carboxylic acids is 1. The standard InChI is InChI=1S/C19H26FN3O3.ClH/c1-22(12-17(24)25)16-8-10-23(11-9-16)18(19(26)21-15-6-7-15)13-2-4-14(20)5-3-13;/h2-5,15-16,18H,6-12H2,1H3,(H,21,26)(H,24,25);1H. The van der Waals surface area contributed by atoms with Crippen LogP contribution in [0.1, 0.15) is 37.3 Å². The van der Waals surface area contributed by atoms with Gasteiger partial charge in [0.05, 0.1) is 6.54 Å². The van der Waals surface area contributed by atoms with Crippen molar-refractivity contribution in [2.24, 2.45) is 0 Å². The van der Waals surface area contributed by atoms with Gasteiger partial charge in [-0.05, 0) is 50.4 Å². The second-order valence-electron chi connectivity index (χ2n) is 7.31. The molecule has 1 amide bonds. The lowest BCUT2D eigenvalue weighted by molar-refractivity contribution is -0.138. The third kappa shape index (κ3) is 5.89. The predicted molar refractivity (Wildman–Crippen MR) is 102 cm³/mol. The summed E-state index contributed by atoms with van der Waals surface area (Å²) in [4.78, 5) is 27.7. The predicted octanol–water partition coefficient (Wildman–Crippen LogP) is 2.05. The van der Waals surface area contributed by atoms with Crippen LogP contribution < -0.4 is 5.32 Å². The Balaban J connectivity index is 0.00000261. The van der Waals surface area contributed by atoms with Crippen molar-refractivity contribution in [3.63, 3.8) is 0 Å². The van der Waals surface area contributed by atoms with Gasteiger partial charge in [-0.1, -0.05) is 12.1 Å². The van der Waals surface area contributed by atoms with E-state index in [2.05, 4.69) is 10.2 Å². The quantitative estimate of drug-likeness (QED) is 0.734. The Hall–Kier alpha value is -1.70. The summed E-state index contributed by atoms with van der Waals surface area (Å²) in [5.41, 5.74) is 0.793. The van der Waals surface area contributed by atoms with E-state index >= 15 is 0 Å². The summed E-state index contributed by atoms with van der Waals surface area (Å²) in [6.45, 7) is 1.43. The second-order valence-corrected chi connectivity index (χ2v) is 7.31. The first-order valence-electron chi connectivity index (χ1n) is 9.16. The van der Waals surface area contributed by atoms with E-state index in [0.717, 1.165) is 31.2 Å². The molecule has 27 heavy (non-hydrogen) atoms. The number of rotatable bonds is 7. The van der Waals surface area contributed by atoms with Crippen LogP contribution in [-0.2, 0) is 9.59 Å². The summed E-state index contributed by atoms with van der Waals surface area (Å²) in [5.74, 6) is -1.18. The number of hydrogen-bond donors (Lipinski definition) is 2. The van der Waals surface area contributed by atoms with Crippen LogP contribution >= 0.6 is 12.4 Å². The van der Waals surface area contributed by atoms with Gasteiger partial charge >= 0.3 is 5.97 Å². The van der Waals surface area contributed by atoms with E-state index in [1.165, 1.54) is 12.1 Å². The summed E-state index contributed by atoms with van der Waals surface area (Å²) in [6.07, 6.45) is 3.64. The summed E-state index contributed by atoms with van der Waals surface area (Å²) < 4.78 is 13.3. The molecule has 1 aromatic carbocycles. The molecule has 1 saturated carbocycles. The summed E-state index contributed by atoms with van der Waals surface area (Å²) in [5, 5.41) is 12.0. The number of nitrogens with zero attached hydrogens (tertiary/aromatic N) is 2. The lowest BCUT2D eigenvalue weighted by Crippen LogP contribution is -2.49. The van der Waals surface area contributed by atoms with Crippen molar-refractivity contribution in [1.82, 2.24) is 15.1 Å². The molecule has 1 saturated heterocycles. The van der Waals surface area contributed by atoms with Crippen LogP contribution in [0, 0.1) is 5.82 Å². The molecule has 2 N–H and O–H groups in total. The van der Waals surface area contributed by atoms with Crippen molar-refractivity contribution in [3.8, 4) is 0 Å². The largest absolute Gasteiger partial charge is 0.480 e. The van der Waals surface area contributed by atoms with Crippen molar-refractivity contribution >= 4 is 24.3 Å². The van der Waals surface area contributed by atoms with Crippen LogP contribution in [0.25, 0.3) is 0 Å². The molecule has 6 nitrogen and oxygen atoms in total. The van der Waals surface area contributed by atoms with Gasteiger partial charge in [-0.3, -0.25) is 19.4 Å². The third-order valence-corrected chi connectivity index (χ3v) is 5.23. The van der Waals surface area contributed by atoms with E-state index in [4.69, 9.17) is 5.11 Å². The highest BCUT2D eigenvalue weighted by Gasteiger charge is 2.34. The number of piperidine rings is 1. The summed E-state index contributed by atoms with van der Waals surface area (Å²) >= 11 is 0. The molecule has 3 rings (SSSR count). The van der Waals surface area contributed by atoms with E-state index in [1.54, 1.807) is 12.1 Å². The normalized spacial score (nSPS) is 19.4. The molecule has 2 aliphatic rings. The molecule has 0 aromatic heterocycles. The molecule has 0 radical (unpaired) electrons. The fourth-order valence-electron chi connectivity index (χ4n) is 3.61. The van der Waals surface area contributed by atoms with Gasteiger partial charge in [0.15, 0.2) is 0 Å². The van der Waals surface area contributed by atoms with Gasteiger partial charge in [0, 0.05) is 25.2 Å². The Labute approximate surface area is 165 Å². The van der Waals surface area contributed by atoms with Crippen LogP contribution in [0.4, 0.5) is 4.39 Å². The molecule has 8 heteroatoms. The minimum atomic E-state index is -0.831. The average Bonchev–Trinajstić information content (AvgIpc) is 3.41. The molecular weight excluding hydrogens is 373 g/mol. The number of benzene rings is 1. The zero-order chi connectivity index (χ0) is 18.7. The highest BCUT2D eigenvalue weighted by molar-refractivity contribution is 5.85. The molecule has 2 fully saturated rings. The molecule has 1 aromatic rings. The minimum absolute atomic E-state index is 0. The second kappa shape index (κ2) is 9.48. The van der Waals surface area contributed by atoms with E-state index < -0.39 is 12.0 Å². The SMILES string of the molecule is CN(CC(=O)O)C1CCN(C(C(=O)NC2CC2)c2ccc(F)cc2)CC1.Cl. The smallest absolute Gasteiger partial charge is 0.317 e. The number of amides is 1. The van der Waals surface area contributed by atoms with Crippen molar-refractivity contribution < 1.29 is 19.1 Å². The first-order chi connectivity index (χ1) is 12.4.